The van der Waals surface area contributed by atoms with E-state index in [4.69, 9.17) is 9.15 Å². The minimum absolute atomic E-state index is 0.0602. The zero-order chi connectivity index (χ0) is 14.5. The first kappa shape index (κ1) is 14.2. The molecule has 0 aliphatic rings. The molecule has 1 aromatic carbocycles. The summed E-state index contributed by atoms with van der Waals surface area (Å²) in [6.45, 7) is -0.608. The molecule has 0 bridgehead atoms. The van der Waals surface area contributed by atoms with Gasteiger partial charge >= 0.3 is 6.61 Å². The van der Waals surface area contributed by atoms with E-state index in [9.17, 15) is 8.78 Å². The summed E-state index contributed by atoms with van der Waals surface area (Å²) >= 11 is 0. The molecule has 1 aromatic heterocycles. The normalized spacial score (nSPS) is 10.7. The van der Waals surface area contributed by atoms with Crippen LogP contribution in [0, 0.1) is 6.92 Å². The van der Waals surface area contributed by atoms with Crippen LogP contribution in [0.1, 0.15) is 11.3 Å². The zero-order valence-electron chi connectivity index (χ0n) is 11.2. The lowest BCUT2D eigenvalue weighted by Gasteiger charge is -2.13. The van der Waals surface area contributed by atoms with Crippen molar-refractivity contribution in [2.24, 2.45) is 0 Å². The Hall–Kier alpha value is -2.24. The van der Waals surface area contributed by atoms with E-state index < -0.39 is 6.61 Å². The molecular formula is C14H15F2NO3. The molecule has 6 heteroatoms. The van der Waals surface area contributed by atoms with Crippen LogP contribution in [0.15, 0.2) is 34.9 Å². The van der Waals surface area contributed by atoms with Crippen LogP contribution in [0.25, 0.3) is 0 Å². The maximum atomic E-state index is 12.4. The fraction of sp³-hybridized carbons (Fsp3) is 0.286. The molecule has 1 N–H and O–H groups in total. The predicted octanol–water partition coefficient (Wildman–Crippen LogP) is 3.81. The molecule has 0 radical (unpaired) electrons. The molecule has 1 heterocycles. The van der Waals surface area contributed by atoms with Gasteiger partial charge in [-0.15, -0.1) is 0 Å². The Bertz CT molecular complexity index is 569. The summed E-state index contributed by atoms with van der Waals surface area (Å²) in [6, 6.07) is 6.42. The largest absolute Gasteiger partial charge is 0.497 e. The number of aryl methyl sites for hydroxylation is 1. The van der Waals surface area contributed by atoms with Crippen molar-refractivity contribution < 1.29 is 22.7 Å². The van der Waals surface area contributed by atoms with Crippen LogP contribution in [0.3, 0.4) is 0 Å². The number of hydrogen-bond acceptors (Lipinski definition) is 4. The van der Waals surface area contributed by atoms with Crippen LogP contribution in [0.4, 0.5) is 14.5 Å². The summed E-state index contributed by atoms with van der Waals surface area (Å²) in [7, 11) is 1.50. The Labute approximate surface area is 115 Å². The van der Waals surface area contributed by atoms with Gasteiger partial charge in [-0.25, -0.2) is 0 Å². The van der Waals surface area contributed by atoms with Crippen LogP contribution in [-0.4, -0.2) is 13.7 Å². The van der Waals surface area contributed by atoms with Crippen molar-refractivity contribution in [3.8, 4) is 11.5 Å². The topological polar surface area (TPSA) is 43.6 Å². The molecule has 0 saturated carbocycles. The van der Waals surface area contributed by atoms with Gasteiger partial charge in [0.25, 0.3) is 0 Å². The highest BCUT2D eigenvalue weighted by Gasteiger charge is 2.11. The average Bonchev–Trinajstić information content (AvgIpc) is 2.82. The van der Waals surface area contributed by atoms with Gasteiger partial charge in [-0.2, -0.15) is 8.78 Å². The highest BCUT2D eigenvalue weighted by atomic mass is 19.3. The number of furan rings is 1. The maximum absolute atomic E-state index is 12.4. The summed E-state index contributed by atoms with van der Waals surface area (Å²) in [5, 5.41) is 3.00. The molecule has 108 valence electrons. The SMILES string of the molecule is COc1ccc(OC(F)F)c(NCc2occc2C)c1. The van der Waals surface area contributed by atoms with E-state index in [-0.39, 0.29) is 5.75 Å². The van der Waals surface area contributed by atoms with Gasteiger partial charge in [0, 0.05) is 6.07 Å². The number of halogens is 2. The minimum atomic E-state index is -2.88. The molecule has 2 rings (SSSR count). The molecule has 2 aromatic rings. The first-order valence-electron chi connectivity index (χ1n) is 6.00. The van der Waals surface area contributed by atoms with Crippen LogP contribution >= 0.6 is 0 Å². The Morgan fingerprint density at radius 2 is 2.10 bits per heavy atom. The number of hydrogen-bond donors (Lipinski definition) is 1. The third kappa shape index (κ3) is 3.40. The van der Waals surface area contributed by atoms with Crippen molar-refractivity contribution in [3.63, 3.8) is 0 Å². The van der Waals surface area contributed by atoms with E-state index in [1.54, 1.807) is 18.4 Å². The number of benzene rings is 1. The van der Waals surface area contributed by atoms with Gasteiger partial charge in [-0.3, -0.25) is 0 Å². The zero-order valence-corrected chi connectivity index (χ0v) is 11.2. The average molecular weight is 283 g/mol. The summed E-state index contributed by atoms with van der Waals surface area (Å²) in [4.78, 5) is 0. The van der Waals surface area contributed by atoms with Crippen molar-refractivity contribution in [2.75, 3.05) is 12.4 Å². The molecular weight excluding hydrogens is 268 g/mol. The van der Waals surface area contributed by atoms with Gasteiger partial charge in [0.05, 0.1) is 25.6 Å². The summed E-state index contributed by atoms with van der Waals surface area (Å²) in [5.41, 5.74) is 1.40. The number of anilines is 1. The minimum Gasteiger partial charge on any atom is -0.497 e. The first-order valence-corrected chi connectivity index (χ1v) is 6.00. The summed E-state index contributed by atoms with van der Waals surface area (Å²) < 4.78 is 39.5. The van der Waals surface area contributed by atoms with E-state index in [1.807, 2.05) is 13.0 Å². The van der Waals surface area contributed by atoms with E-state index in [0.717, 1.165) is 11.3 Å². The molecule has 0 aliphatic carbocycles. The summed E-state index contributed by atoms with van der Waals surface area (Å²) in [5.74, 6) is 1.34. The lowest BCUT2D eigenvalue weighted by atomic mass is 10.2. The van der Waals surface area contributed by atoms with E-state index in [2.05, 4.69) is 10.1 Å². The smallest absolute Gasteiger partial charge is 0.387 e. The van der Waals surface area contributed by atoms with Gasteiger partial charge < -0.3 is 19.2 Å². The van der Waals surface area contributed by atoms with Gasteiger partial charge in [0.15, 0.2) is 0 Å². The van der Waals surface area contributed by atoms with Gasteiger partial charge in [-0.05, 0) is 30.7 Å². The highest BCUT2D eigenvalue weighted by molar-refractivity contribution is 5.59. The third-order valence-electron chi connectivity index (χ3n) is 2.81. The van der Waals surface area contributed by atoms with Gasteiger partial charge in [-0.1, -0.05) is 0 Å². The maximum Gasteiger partial charge on any atom is 0.387 e. The number of rotatable bonds is 6. The molecule has 0 atom stereocenters. The molecule has 0 aliphatic heterocycles. The number of ether oxygens (including phenoxy) is 2. The third-order valence-corrected chi connectivity index (χ3v) is 2.81. The van der Waals surface area contributed by atoms with E-state index >= 15 is 0 Å². The van der Waals surface area contributed by atoms with E-state index in [0.29, 0.717) is 18.0 Å². The monoisotopic (exact) mass is 283 g/mol. The van der Waals surface area contributed by atoms with Crippen molar-refractivity contribution in [1.82, 2.24) is 0 Å². The quantitative estimate of drug-likeness (QED) is 0.875. The second kappa shape index (κ2) is 6.27. The lowest BCUT2D eigenvalue weighted by molar-refractivity contribution is -0.0494. The van der Waals surface area contributed by atoms with Crippen molar-refractivity contribution in [1.29, 1.82) is 0 Å². The van der Waals surface area contributed by atoms with Crippen LogP contribution in [0.2, 0.25) is 0 Å². The number of nitrogens with one attached hydrogen (secondary N) is 1. The van der Waals surface area contributed by atoms with Crippen LogP contribution in [0.5, 0.6) is 11.5 Å². The summed E-state index contributed by atoms with van der Waals surface area (Å²) in [6.07, 6.45) is 1.58. The standard InChI is InChI=1S/C14H15F2NO3/c1-9-5-6-19-13(9)8-17-11-7-10(18-2)3-4-12(11)20-14(15)16/h3-7,14,17H,8H2,1-2H3. The molecule has 0 fully saturated rings. The molecule has 20 heavy (non-hydrogen) atoms. The lowest BCUT2D eigenvalue weighted by Crippen LogP contribution is -2.07. The fourth-order valence-electron chi connectivity index (χ4n) is 1.73. The second-order valence-corrected chi connectivity index (χ2v) is 4.12. The van der Waals surface area contributed by atoms with E-state index in [1.165, 1.54) is 13.2 Å². The first-order chi connectivity index (χ1) is 9.60. The van der Waals surface area contributed by atoms with Crippen molar-refractivity contribution in [2.45, 2.75) is 20.1 Å². The Kier molecular flexibility index (Phi) is 4.45. The molecule has 0 unspecified atom stereocenters. The Morgan fingerprint density at radius 1 is 1.30 bits per heavy atom. The van der Waals surface area contributed by atoms with Crippen LogP contribution in [-0.2, 0) is 6.54 Å². The van der Waals surface area contributed by atoms with Crippen LogP contribution < -0.4 is 14.8 Å². The molecule has 4 nitrogen and oxygen atoms in total. The Morgan fingerprint density at radius 3 is 2.70 bits per heavy atom. The predicted molar refractivity (Wildman–Crippen MR) is 70.4 cm³/mol. The second-order valence-electron chi connectivity index (χ2n) is 4.12. The fourth-order valence-corrected chi connectivity index (χ4v) is 1.73. The number of methoxy groups -OCH3 is 1. The van der Waals surface area contributed by atoms with Gasteiger partial charge in [0.2, 0.25) is 0 Å². The van der Waals surface area contributed by atoms with Crippen molar-refractivity contribution >= 4 is 5.69 Å². The molecule has 0 spiro atoms. The van der Waals surface area contributed by atoms with Crippen molar-refractivity contribution in [3.05, 3.63) is 41.9 Å². The highest BCUT2D eigenvalue weighted by Crippen LogP contribution is 2.31. The number of alkyl halides is 2. The molecule has 0 amide bonds. The van der Waals surface area contributed by atoms with Gasteiger partial charge in [0.1, 0.15) is 17.3 Å². The molecule has 0 saturated heterocycles. The Balaban J connectivity index is 2.17.